The Hall–Kier alpha value is -0.870. The average molecular weight is 324 g/mol. The minimum atomic E-state index is 0.0861. The summed E-state index contributed by atoms with van der Waals surface area (Å²) in [6.45, 7) is 9.43. The fraction of sp³-hybridized carbons (Fsp3) is 0.722. The van der Waals surface area contributed by atoms with E-state index in [1.165, 1.54) is 10.4 Å². The predicted molar refractivity (Wildman–Crippen MR) is 92.7 cm³/mol. The third kappa shape index (κ3) is 4.11. The maximum absolute atomic E-state index is 12.5. The minimum absolute atomic E-state index is 0.0861. The van der Waals surface area contributed by atoms with E-state index in [-0.39, 0.29) is 11.9 Å². The van der Waals surface area contributed by atoms with E-state index in [0.717, 1.165) is 43.6 Å². The lowest BCUT2D eigenvalue weighted by Gasteiger charge is -2.34. The van der Waals surface area contributed by atoms with Crippen molar-refractivity contribution < 1.29 is 9.53 Å². The number of hydrogen-bond donors (Lipinski definition) is 1. The highest BCUT2D eigenvalue weighted by Gasteiger charge is 2.28. The summed E-state index contributed by atoms with van der Waals surface area (Å²) in [5.41, 5.74) is 1.29. The van der Waals surface area contributed by atoms with Gasteiger partial charge in [-0.2, -0.15) is 0 Å². The van der Waals surface area contributed by atoms with Crippen LogP contribution in [0.1, 0.15) is 66.6 Å². The minimum Gasteiger partial charge on any atom is -0.378 e. The monoisotopic (exact) mass is 323 g/mol. The molecule has 22 heavy (non-hydrogen) atoms. The predicted octanol–water partition coefficient (Wildman–Crippen LogP) is 4.33. The Labute approximate surface area is 138 Å². The lowest BCUT2D eigenvalue weighted by molar-refractivity contribution is -0.0337. The van der Waals surface area contributed by atoms with E-state index in [1.54, 1.807) is 11.3 Å². The second kappa shape index (κ2) is 8.11. The van der Waals surface area contributed by atoms with Gasteiger partial charge in [0.05, 0.1) is 11.0 Å². The lowest BCUT2D eigenvalue weighted by atomic mass is 9.89. The second-order valence-corrected chi connectivity index (χ2v) is 7.48. The van der Waals surface area contributed by atoms with Gasteiger partial charge in [-0.05, 0) is 43.7 Å². The van der Waals surface area contributed by atoms with Crippen molar-refractivity contribution in [2.75, 3.05) is 6.61 Å². The third-order valence-electron chi connectivity index (χ3n) is 4.85. The maximum Gasteiger partial charge on any atom is 0.261 e. The van der Waals surface area contributed by atoms with Crippen molar-refractivity contribution in [3.8, 4) is 0 Å². The topological polar surface area (TPSA) is 38.3 Å². The van der Waals surface area contributed by atoms with E-state index in [1.807, 2.05) is 6.07 Å². The van der Waals surface area contributed by atoms with Crippen LogP contribution in [0.15, 0.2) is 6.07 Å². The van der Waals surface area contributed by atoms with Gasteiger partial charge in [0.15, 0.2) is 0 Å². The van der Waals surface area contributed by atoms with Gasteiger partial charge in [0.25, 0.3) is 5.91 Å². The van der Waals surface area contributed by atoms with Crippen molar-refractivity contribution >= 4 is 17.2 Å². The van der Waals surface area contributed by atoms with Crippen LogP contribution in [-0.4, -0.2) is 24.7 Å². The van der Waals surface area contributed by atoms with Crippen LogP contribution in [0.4, 0.5) is 0 Å². The van der Waals surface area contributed by atoms with E-state index in [2.05, 4.69) is 33.0 Å². The molecule has 1 saturated heterocycles. The highest BCUT2D eigenvalue weighted by molar-refractivity contribution is 7.14. The fourth-order valence-electron chi connectivity index (χ4n) is 3.34. The molecule has 1 fully saturated rings. The van der Waals surface area contributed by atoms with Crippen molar-refractivity contribution in [2.45, 2.75) is 71.9 Å². The zero-order chi connectivity index (χ0) is 16.1. The van der Waals surface area contributed by atoms with Crippen LogP contribution in [0.25, 0.3) is 0 Å². The molecule has 1 amide bonds. The molecule has 0 aliphatic carbocycles. The molecular formula is C18H29NO2S. The first-order valence-electron chi connectivity index (χ1n) is 8.60. The standard InChI is InChI=1S/C18H29NO2S/c1-5-13(6-2)16-11-15(8-9-21-16)19-18(20)17-10-14(7-3)12(4)22-17/h10,13,15-16H,5-9,11H2,1-4H3,(H,19,20)/t15-,16+/m1/s1. The molecule has 2 heterocycles. The molecule has 1 N–H and O–H groups in total. The quantitative estimate of drug-likeness (QED) is 0.846. The van der Waals surface area contributed by atoms with Gasteiger partial charge in [0, 0.05) is 17.5 Å². The number of nitrogens with one attached hydrogen (secondary N) is 1. The number of aryl methyl sites for hydroxylation is 2. The summed E-state index contributed by atoms with van der Waals surface area (Å²) in [5.74, 6) is 0.693. The molecule has 124 valence electrons. The van der Waals surface area contributed by atoms with E-state index in [9.17, 15) is 4.79 Å². The van der Waals surface area contributed by atoms with Gasteiger partial charge in [-0.15, -0.1) is 11.3 Å². The Morgan fingerprint density at radius 3 is 2.73 bits per heavy atom. The Kier molecular flexibility index (Phi) is 6.45. The molecule has 1 aromatic heterocycles. The summed E-state index contributed by atoms with van der Waals surface area (Å²) < 4.78 is 5.93. The van der Waals surface area contributed by atoms with Crippen LogP contribution < -0.4 is 5.32 Å². The zero-order valence-electron chi connectivity index (χ0n) is 14.3. The molecule has 2 rings (SSSR count). The van der Waals surface area contributed by atoms with E-state index in [4.69, 9.17) is 4.74 Å². The molecule has 0 unspecified atom stereocenters. The van der Waals surface area contributed by atoms with Gasteiger partial charge in [-0.25, -0.2) is 0 Å². The number of rotatable bonds is 6. The summed E-state index contributed by atoms with van der Waals surface area (Å²) >= 11 is 1.61. The second-order valence-electron chi connectivity index (χ2n) is 6.23. The summed E-state index contributed by atoms with van der Waals surface area (Å²) in [4.78, 5) is 14.6. The van der Waals surface area contributed by atoms with Crippen molar-refractivity contribution in [2.24, 2.45) is 5.92 Å². The zero-order valence-corrected chi connectivity index (χ0v) is 15.1. The van der Waals surface area contributed by atoms with Crippen molar-refractivity contribution in [1.82, 2.24) is 5.32 Å². The van der Waals surface area contributed by atoms with E-state index >= 15 is 0 Å². The van der Waals surface area contributed by atoms with Gasteiger partial charge in [-0.1, -0.05) is 33.6 Å². The lowest BCUT2D eigenvalue weighted by Crippen LogP contribution is -2.43. The number of carbonyl (C=O) groups is 1. The first-order chi connectivity index (χ1) is 10.6. The Balaban J connectivity index is 1.95. The SMILES string of the molecule is CCc1cc(C(=O)N[C@@H]2CCO[C@H](C(CC)CC)C2)sc1C. The molecule has 2 atom stereocenters. The van der Waals surface area contributed by atoms with Gasteiger partial charge < -0.3 is 10.1 Å². The highest BCUT2D eigenvalue weighted by Crippen LogP contribution is 2.26. The third-order valence-corrected chi connectivity index (χ3v) is 5.94. The number of hydrogen-bond acceptors (Lipinski definition) is 3. The van der Waals surface area contributed by atoms with Gasteiger partial charge >= 0.3 is 0 Å². The highest BCUT2D eigenvalue weighted by atomic mass is 32.1. The molecule has 0 spiro atoms. The smallest absolute Gasteiger partial charge is 0.261 e. The molecule has 1 aromatic rings. The van der Waals surface area contributed by atoms with Gasteiger partial charge in [0.1, 0.15) is 0 Å². The van der Waals surface area contributed by atoms with Crippen LogP contribution >= 0.6 is 11.3 Å². The van der Waals surface area contributed by atoms with Gasteiger partial charge in [-0.3, -0.25) is 4.79 Å². The summed E-state index contributed by atoms with van der Waals surface area (Å²) in [7, 11) is 0. The van der Waals surface area contributed by atoms with E-state index < -0.39 is 0 Å². The van der Waals surface area contributed by atoms with Crippen LogP contribution in [0.3, 0.4) is 0 Å². The first-order valence-corrected chi connectivity index (χ1v) is 9.42. The maximum atomic E-state index is 12.5. The number of ether oxygens (including phenoxy) is 1. The summed E-state index contributed by atoms with van der Waals surface area (Å²) in [5, 5.41) is 3.22. The van der Waals surface area contributed by atoms with Crippen LogP contribution in [0.2, 0.25) is 0 Å². The van der Waals surface area contributed by atoms with Crippen molar-refractivity contribution in [3.05, 3.63) is 21.4 Å². The van der Waals surface area contributed by atoms with Crippen LogP contribution in [0, 0.1) is 12.8 Å². The van der Waals surface area contributed by atoms with Gasteiger partial charge in [0.2, 0.25) is 0 Å². The number of thiophene rings is 1. The van der Waals surface area contributed by atoms with Crippen LogP contribution in [-0.2, 0) is 11.2 Å². The normalized spacial score (nSPS) is 22.0. The molecule has 1 aliphatic heterocycles. The summed E-state index contributed by atoms with van der Waals surface area (Å²) in [6.07, 6.45) is 5.45. The molecule has 0 aromatic carbocycles. The van der Waals surface area contributed by atoms with Crippen LogP contribution in [0.5, 0.6) is 0 Å². The van der Waals surface area contributed by atoms with E-state index in [0.29, 0.717) is 12.0 Å². The first kappa shape index (κ1) is 17.5. The summed E-state index contributed by atoms with van der Waals surface area (Å²) in [6, 6.07) is 2.30. The Morgan fingerprint density at radius 2 is 2.14 bits per heavy atom. The number of carbonyl (C=O) groups excluding carboxylic acids is 1. The fourth-order valence-corrected chi connectivity index (χ4v) is 4.36. The number of amides is 1. The molecule has 3 nitrogen and oxygen atoms in total. The molecule has 1 aliphatic rings. The average Bonchev–Trinajstić information content (AvgIpc) is 2.90. The Bertz CT molecular complexity index is 493. The molecule has 0 bridgehead atoms. The molecular weight excluding hydrogens is 294 g/mol. The van der Waals surface area contributed by atoms with Crippen molar-refractivity contribution in [1.29, 1.82) is 0 Å². The van der Waals surface area contributed by atoms with Crippen molar-refractivity contribution in [3.63, 3.8) is 0 Å². The molecule has 4 heteroatoms. The molecule has 0 radical (unpaired) electrons. The Morgan fingerprint density at radius 1 is 1.41 bits per heavy atom. The molecule has 0 saturated carbocycles. The largest absolute Gasteiger partial charge is 0.378 e.